The van der Waals surface area contributed by atoms with E-state index in [1.807, 2.05) is 31.2 Å². The van der Waals surface area contributed by atoms with E-state index in [0.717, 1.165) is 27.7 Å². The van der Waals surface area contributed by atoms with Crippen molar-refractivity contribution in [3.05, 3.63) is 82.0 Å². The highest BCUT2D eigenvalue weighted by Gasteiger charge is 2.56. The van der Waals surface area contributed by atoms with Crippen molar-refractivity contribution in [2.75, 3.05) is 0 Å². The number of carbonyl (C=O) groups excluding carboxylic acids is 4. The van der Waals surface area contributed by atoms with Gasteiger partial charge in [0.15, 0.2) is 0 Å². The molecular formula is C25H12O6. The van der Waals surface area contributed by atoms with Crippen LogP contribution < -0.4 is 0 Å². The number of hydrogen-bond donors (Lipinski definition) is 0. The van der Waals surface area contributed by atoms with Crippen LogP contribution in [0, 0.1) is 11.3 Å². The van der Waals surface area contributed by atoms with Gasteiger partial charge in [0.1, 0.15) is 0 Å². The van der Waals surface area contributed by atoms with E-state index in [1.165, 1.54) is 0 Å². The summed E-state index contributed by atoms with van der Waals surface area (Å²) in [6.45, 7) is 2.03. The number of esters is 4. The molecule has 0 unspecified atom stereocenters. The summed E-state index contributed by atoms with van der Waals surface area (Å²) in [6, 6.07) is 7.07. The Morgan fingerprint density at radius 3 is 1.55 bits per heavy atom. The zero-order valence-electron chi connectivity index (χ0n) is 16.1. The van der Waals surface area contributed by atoms with Gasteiger partial charge in [-0.1, -0.05) is 43.4 Å². The van der Waals surface area contributed by atoms with Gasteiger partial charge in [-0.2, -0.15) is 0 Å². The molecule has 1 fully saturated rings. The van der Waals surface area contributed by atoms with Crippen LogP contribution in [0.3, 0.4) is 0 Å². The van der Waals surface area contributed by atoms with Crippen molar-refractivity contribution in [1.82, 2.24) is 0 Å². The molecule has 6 heteroatoms. The summed E-state index contributed by atoms with van der Waals surface area (Å²) in [5, 5.41) is 1.40. The van der Waals surface area contributed by atoms with Crippen molar-refractivity contribution in [2.24, 2.45) is 11.3 Å². The summed E-state index contributed by atoms with van der Waals surface area (Å²) in [5.41, 5.74) is 4.57. The maximum Gasteiger partial charge on any atom is 0.346 e. The van der Waals surface area contributed by atoms with E-state index in [9.17, 15) is 19.2 Å². The fourth-order valence-corrected chi connectivity index (χ4v) is 5.92. The van der Waals surface area contributed by atoms with E-state index in [2.05, 4.69) is 0 Å². The summed E-state index contributed by atoms with van der Waals surface area (Å²) >= 11 is 0. The molecule has 0 spiro atoms. The highest BCUT2D eigenvalue weighted by atomic mass is 16.6. The Morgan fingerprint density at radius 1 is 0.613 bits per heavy atom. The summed E-state index contributed by atoms with van der Waals surface area (Å²) in [5.74, 6) is -3.00. The van der Waals surface area contributed by atoms with Gasteiger partial charge >= 0.3 is 23.9 Å². The van der Waals surface area contributed by atoms with E-state index in [-0.39, 0.29) is 0 Å². The van der Waals surface area contributed by atoms with Crippen LogP contribution in [0.2, 0.25) is 0 Å². The first-order valence-electron chi connectivity index (χ1n) is 9.89. The molecule has 6 nitrogen and oxygen atoms in total. The molecule has 0 atom stereocenters. The van der Waals surface area contributed by atoms with Crippen LogP contribution in [0.5, 0.6) is 0 Å². The first-order valence-corrected chi connectivity index (χ1v) is 9.89. The van der Waals surface area contributed by atoms with Crippen LogP contribution >= 0.6 is 0 Å². The lowest BCUT2D eigenvalue weighted by molar-refractivity contribution is -0.157. The molecule has 0 N–H and O–H groups in total. The van der Waals surface area contributed by atoms with Crippen molar-refractivity contribution >= 4 is 45.8 Å². The third-order valence-corrected chi connectivity index (χ3v) is 7.20. The van der Waals surface area contributed by atoms with E-state index in [1.54, 1.807) is 24.3 Å². The van der Waals surface area contributed by atoms with Gasteiger partial charge in [0.25, 0.3) is 0 Å². The standard InChI is InChI=1S/C25H12O6/c1-25-16-8-6-14-20(25)15(24(29)31-23(14)28)7-9-17(25)11-3-5-13-19-12(21(26)30-22(13)27)4-2-10(16)18(11)19/h2-9,20H,1H3. The van der Waals surface area contributed by atoms with Crippen LogP contribution in [0.25, 0.3) is 21.9 Å². The van der Waals surface area contributed by atoms with Gasteiger partial charge in [0.05, 0.1) is 11.1 Å². The van der Waals surface area contributed by atoms with Crippen molar-refractivity contribution in [2.45, 2.75) is 6.92 Å². The first-order chi connectivity index (χ1) is 14.9. The molecule has 3 aliphatic carbocycles. The molecule has 31 heavy (non-hydrogen) atoms. The number of hydrogen-bond acceptors (Lipinski definition) is 6. The lowest BCUT2D eigenvalue weighted by atomic mass is 9.52. The highest BCUT2D eigenvalue weighted by Crippen LogP contribution is 2.64. The van der Waals surface area contributed by atoms with Gasteiger partial charge in [-0.15, -0.1) is 0 Å². The van der Waals surface area contributed by atoms with E-state index >= 15 is 0 Å². The van der Waals surface area contributed by atoms with E-state index in [4.69, 9.17) is 9.47 Å². The molecular weight excluding hydrogens is 396 g/mol. The Morgan fingerprint density at radius 2 is 1.03 bits per heavy atom. The molecule has 1 saturated heterocycles. The Labute approximate surface area is 175 Å². The van der Waals surface area contributed by atoms with Gasteiger partial charge in [-0.3, -0.25) is 0 Å². The highest BCUT2D eigenvalue weighted by molar-refractivity contribution is 6.26. The summed E-state index contributed by atoms with van der Waals surface area (Å²) in [7, 11) is 0. The molecule has 7 rings (SSSR count). The van der Waals surface area contributed by atoms with Gasteiger partial charge in [0.2, 0.25) is 0 Å². The first kappa shape index (κ1) is 16.7. The molecule has 0 radical (unpaired) electrons. The molecule has 0 aromatic heterocycles. The number of fused-ring (bicyclic) bond motifs is 2. The Kier molecular flexibility index (Phi) is 2.68. The molecule has 0 amide bonds. The minimum absolute atomic E-state index is 0.357. The fraction of sp³-hybridized carbons (Fsp3) is 0.120. The minimum atomic E-state index is -0.666. The van der Waals surface area contributed by atoms with Crippen molar-refractivity contribution in [1.29, 1.82) is 0 Å². The molecule has 2 aliphatic heterocycles. The van der Waals surface area contributed by atoms with E-state index in [0.29, 0.717) is 27.7 Å². The summed E-state index contributed by atoms with van der Waals surface area (Å²) < 4.78 is 9.85. The zero-order chi connectivity index (χ0) is 21.2. The monoisotopic (exact) mass is 408 g/mol. The maximum atomic E-state index is 12.5. The molecule has 0 bridgehead atoms. The number of cyclic esters (lactones) is 4. The van der Waals surface area contributed by atoms with Gasteiger partial charge in [-0.25, -0.2) is 19.2 Å². The number of benzene rings is 2. The molecule has 2 aromatic carbocycles. The smallest absolute Gasteiger partial charge is 0.346 e. The lowest BCUT2D eigenvalue weighted by Crippen LogP contribution is -2.45. The minimum Gasteiger partial charge on any atom is -0.386 e. The van der Waals surface area contributed by atoms with Gasteiger partial charge in [-0.05, 0) is 39.8 Å². The number of carbonyl (C=O) groups is 4. The van der Waals surface area contributed by atoms with Crippen molar-refractivity contribution in [3.8, 4) is 0 Å². The largest absolute Gasteiger partial charge is 0.386 e. The molecule has 2 aromatic rings. The summed E-state index contributed by atoms with van der Waals surface area (Å²) in [6.07, 6.45) is 7.20. The third-order valence-electron chi connectivity index (χ3n) is 7.20. The predicted molar refractivity (Wildman–Crippen MR) is 109 cm³/mol. The average Bonchev–Trinajstić information content (AvgIpc) is 2.74. The quantitative estimate of drug-likeness (QED) is 0.490. The van der Waals surface area contributed by atoms with Crippen molar-refractivity contribution in [3.63, 3.8) is 0 Å². The number of allylic oxidation sites excluding steroid dienone is 6. The SMILES string of the molecule is CC12C3=CC=C4C(=O)OC(=O)C(=CC=C1c1ccc5c6c(ccc3c16)C(=O)OC5=O)C42. The van der Waals surface area contributed by atoms with Gasteiger partial charge in [0, 0.05) is 27.9 Å². The second kappa shape index (κ2) is 4.98. The topological polar surface area (TPSA) is 86.7 Å². The second-order valence-electron chi connectivity index (χ2n) is 8.47. The van der Waals surface area contributed by atoms with Crippen molar-refractivity contribution < 1.29 is 28.7 Å². The maximum absolute atomic E-state index is 12.5. The van der Waals surface area contributed by atoms with Crippen LogP contribution in [0.1, 0.15) is 38.8 Å². The number of ether oxygens (including phenoxy) is 2. The average molecular weight is 408 g/mol. The van der Waals surface area contributed by atoms with Crippen LogP contribution in [-0.2, 0) is 19.1 Å². The van der Waals surface area contributed by atoms with Crippen LogP contribution in [-0.4, -0.2) is 23.9 Å². The number of rotatable bonds is 0. The fourth-order valence-electron chi connectivity index (χ4n) is 5.92. The Balaban J connectivity index is 1.67. The lowest BCUT2D eigenvalue weighted by Gasteiger charge is -2.50. The zero-order valence-corrected chi connectivity index (χ0v) is 16.1. The normalized spacial score (nSPS) is 26.9. The Hall–Kier alpha value is -4.06. The molecule has 5 aliphatic rings. The van der Waals surface area contributed by atoms with Crippen LogP contribution in [0.4, 0.5) is 0 Å². The van der Waals surface area contributed by atoms with Gasteiger partial charge < -0.3 is 9.47 Å². The third kappa shape index (κ3) is 1.68. The predicted octanol–water partition coefficient (Wildman–Crippen LogP) is 3.52. The Bertz CT molecular complexity index is 1410. The second-order valence-corrected chi connectivity index (χ2v) is 8.47. The van der Waals surface area contributed by atoms with Crippen LogP contribution in [0.15, 0.2) is 59.7 Å². The van der Waals surface area contributed by atoms with E-state index < -0.39 is 35.2 Å². The molecule has 148 valence electrons. The molecule has 2 heterocycles. The molecule has 0 saturated carbocycles. The summed E-state index contributed by atoms with van der Waals surface area (Å²) in [4.78, 5) is 49.8.